The minimum absolute atomic E-state index is 0.293. The van der Waals surface area contributed by atoms with Crippen molar-refractivity contribution < 1.29 is 14.2 Å². The molecule has 0 N–H and O–H groups in total. The molecule has 3 nitrogen and oxygen atoms in total. The molecule has 0 fully saturated rings. The molecule has 3 heteroatoms. The average Bonchev–Trinajstić information content (AvgIpc) is 2.27. The molecule has 0 rings (SSSR count). The molecule has 0 heterocycles. The van der Waals surface area contributed by atoms with Crippen LogP contribution in [0, 0.1) is 5.41 Å². The van der Waals surface area contributed by atoms with E-state index in [-0.39, 0.29) is 0 Å². The largest absolute Gasteiger partial charge is 0.384 e. The Morgan fingerprint density at radius 1 is 0.867 bits per heavy atom. The van der Waals surface area contributed by atoms with Crippen molar-refractivity contribution >= 4 is 0 Å². The van der Waals surface area contributed by atoms with Crippen molar-refractivity contribution in [1.82, 2.24) is 0 Å². The van der Waals surface area contributed by atoms with E-state index in [1.165, 1.54) is 0 Å². The van der Waals surface area contributed by atoms with Gasteiger partial charge in [0.2, 0.25) is 0 Å². The van der Waals surface area contributed by atoms with Crippen LogP contribution in [-0.2, 0) is 14.2 Å². The minimum atomic E-state index is 0.293. The van der Waals surface area contributed by atoms with Crippen LogP contribution in [0.25, 0.3) is 0 Å². The summed E-state index contributed by atoms with van der Waals surface area (Å²) in [7, 11) is 3.46. The molecule has 0 saturated carbocycles. The van der Waals surface area contributed by atoms with Gasteiger partial charge in [0, 0.05) is 20.8 Å². The van der Waals surface area contributed by atoms with Crippen LogP contribution in [0.3, 0.4) is 0 Å². The van der Waals surface area contributed by atoms with Crippen LogP contribution in [0.5, 0.6) is 0 Å². The van der Waals surface area contributed by atoms with Crippen molar-refractivity contribution in [1.29, 1.82) is 0 Å². The Morgan fingerprint density at radius 2 is 1.53 bits per heavy atom. The predicted molar refractivity (Wildman–Crippen MR) is 62.2 cm³/mol. The van der Waals surface area contributed by atoms with E-state index >= 15 is 0 Å². The Balaban J connectivity index is 3.74. The van der Waals surface area contributed by atoms with E-state index in [9.17, 15) is 0 Å². The molecule has 0 spiro atoms. The summed E-state index contributed by atoms with van der Waals surface area (Å²) < 4.78 is 15.7. The van der Waals surface area contributed by atoms with Gasteiger partial charge < -0.3 is 14.2 Å². The molecule has 0 aliphatic rings. The Morgan fingerprint density at radius 3 is 2.00 bits per heavy atom. The van der Waals surface area contributed by atoms with Gasteiger partial charge in [-0.25, -0.2) is 0 Å². The maximum atomic E-state index is 5.50. The summed E-state index contributed by atoms with van der Waals surface area (Å²) in [5, 5.41) is 0. The third-order valence-corrected chi connectivity index (χ3v) is 3.16. The predicted octanol–water partition coefficient (Wildman–Crippen LogP) is 2.49. The molecule has 0 aromatic carbocycles. The molecule has 0 saturated heterocycles. The fraction of sp³-hybridized carbons (Fsp3) is 1.00. The number of methoxy groups -OCH3 is 2. The smallest absolute Gasteiger partial charge is 0.0700 e. The number of hydrogen-bond acceptors (Lipinski definition) is 3. The van der Waals surface area contributed by atoms with Gasteiger partial charge in [-0.3, -0.25) is 0 Å². The first kappa shape index (κ1) is 14.9. The first-order valence-corrected chi connectivity index (χ1v) is 5.80. The molecule has 0 aromatic rings. The lowest BCUT2D eigenvalue weighted by Crippen LogP contribution is -2.27. The fourth-order valence-electron chi connectivity index (χ4n) is 1.72. The van der Waals surface area contributed by atoms with E-state index < -0.39 is 0 Å². The van der Waals surface area contributed by atoms with Gasteiger partial charge in [-0.15, -0.1) is 0 Å². The zero-order valence-electron chi connectivity index (χ0n) is 10.7. The topological polar surface area (TPSA) is 27.7 Å². The fourth-order valence-corrected chi connectivity index (χ4v) is 1.72. The first-order valence-electron chi connectivity index (χ1n) is 5.80. The van der Waals surface area contributed by atoms with E-state index in [1.807, 2.05) is 0 Å². The molecule has 92 valence electrons. The highest BCUT2D eigenvalue weighted by molar-refractivity contribution is 4.75. The SMILES string of the molecule is CCC(CC)(CCOCCOC)COC. The van der Waals surface area contributed by atoms with Crippen LogP contribution >= 0.6 is 0 Å². The van der Waals surface area contributed by atoms with Gasteiger partial charge in [-0.2, -0.15) is 0 Å². The number of hydrogen-bond donors (Lipinski definition) is 0. The van der Waals surface area contributed by atoms with Gasteiger partial charge in [0.1, 0.15) is 0 Å². The van der Waals surface area contributed by atoms with Crippen LogP contribution in [-0.4, -0.2) is 40.6 Å². The van der Waals surface area contributed by atoms with Crippen LogP contribution in [0.2, 0.25) is 0 Å². The summed E-state index contributed by atoms with van der Waals surface area (Å²) in [4.78, 5) is 0. The Bertz CT molecular complexity index is 133. The molecule has 0 amide bonds. The van der Waals surface area contributed by atoms with Crippen LogP contribution < -0.4 is 0 Å². The molecule has 15 heavy (non-hydrogen) atoms. The molecule has 0 aliphatic carbocycles. The highest BCUT2D eigenvalue weighted by Crippen LogP contribution is 2.30. The quantitative estimate of drug-likeness (QED) is 0.527. The second-order valence-corrected chi connectivity index (χ2v) is 4.00. The minimum Gasteiger partial charge on any atom is -0.384 e. The van der Waals surface area contributed by atoms with E-state index in [4.69, 9.17) is 14.2 Å². The summed E-state index contributed by atoms with van der Waals surface area (Å²) in [5.41, 5.74) is 0.293. The second kappa shape index (κ2) is 9.13. The summed E-state index contributed by atoms with van der Waals surface area (Å²) in [6, 6.07) is 0. The van der Waals surface area contributed by atoms with Gasteiger partial charge in [0.25, 0.3) is 0 Å². The maximum absolute atomic E-state index is 5.50. The number of rotatable bonds is 10. The van der Waals surface area contributed by atoms with E-state index in [0.717, 1.165) is 32.5 Å². The highest BCUT2D eigenvalue weighted by Gasteiger charge is 2.25. The molecule has 0 aromatic heterocycles. The molecule has 0 atom stereocenters. The van der Waals surface area contributed by atoms with Gasteiger partial charge in [0.05, 0.1) is 19.8 Å². The van der Waals surface area contributed by atoms with Gasteiger partial charge in [-0.05, 0) is 24.7 Å². The summed E-state index contributed by atoms with van der Waals surface area (Å²) in [5.74, 6) is 0. The van der Waals surface area contributed by atoms with Crippen LogP contribution in [0.4, 0.5) is 0 Å². The van der Waals surface area contributed by atoms with Crippen molar-refractivity contribution in [3.8, 4) is 0 Å². The Labute approximate surface area is 94.1 Å². The summed E-state index contributed by atoms with van der Waals surface area (Å²) >= 11 is 0. The zero-order valence-corrected chi connectivity index (χ0v) is 10.7. The summed E-state index contributed by atoms with van der Waals surface area (Å²) in [6.45, 7) is 7.43. The lowest BCUT2D eigenvalue weighted by Gasteiger charge is -2.30. The lowest BCUT2D eigenvalue weighted by atomic mass is 9.80. The van der Waals surface area contributed by atoms with Crippen LogP contribution in [0.15, 0.2) is 0 Å². The van der Waals surface area contributed by atoms with Crippen molar-refractivity contribution in [2.24, 2.45) is 5.41 Å². The second-order valence-electron chi connectivity index (χ2n) is 4.00. The van der Waals surface area contributed by atoms with Crippen molar-refractivity contribution in [3.05, 3.63) is 0 Å². The molecular weight excluding hydrogens is 192 g/mol. The van der Waals surface area contributed by atoms with Crippen LogP contribution in [0.1, 0.15) is 33.1 Å². The van der Waals surface area contributed by atoms with Crippen molar-refractivity contribution in [2.75, 3.05) is 40.6 Å². The summed E-state index contributed by atoms with van der Waals surface area (Å²) in [6.07, 6.45) is 3.35. The van der Waals surface area contributed by atoms with Gasteiger partial charge in [0.15, 0.2) is 0 Å². The standard InChI is InChI=1S/C12H26O3/c1-5-12(6-2,11-14-4)7-8-15-10-9-13-3/h5-11H2,1-4H3. The van der Waals surface area contributed by atoms with E-state index in [2.05, 4.69) is 13.8 Å². The third kappa shape index (κ3) is 6.13. The van der Waals surface area contributed by atoms with Gasteiger partial charge in [-0.1, -0.05) is 13.8 Å². The third-order valence-electron chi connectivity index (χ3n) is 3.16. The van der Waals surface area contributed by atoms with E-state index in [1.54, 1.807) is 14.2 Å². The van der Waals surface area contributed by atoms with Crippen molar-refractivity contribution in [3.63, 3.8) is 0 Å². The zero-order chi connectivity index (χ0) is 11.6. The highest BCUT2D eigenvalue weighted by atomic mass is 16.5. The lowest BCUT2D eigenvalue weighted by molar-refractivity contribution is 0.0178. The van der Waals surface area contributed by atoms with Gasteiger partial charge >= 0.3 is 0 Å². The molecule has 0 bridgehead atoms. The molecule has 0 unspecified atom stereocenters. The molecular formula is C12H26O3. The molecule has 0 aliphatic heterocycles. The molecule has 0 radical (unpaired) electrons. The monoisotopic (exact) mass is 218 g/mol. The normalized spacial score (nSPS) is 12.0. The number of ether oxygens (including phenoxy) is 3. The Hall–Kier alpha value is -0.120. The van der Waals surface area contributed by atoms with Crippen molar-refractivity contribution in [2.45, 2.75) is 33.1 Å². The first-order chi connectivity index (χ1) is 7.24. The van der Waals surface area contributed by atoms with E-state index in [0.29, 0.717) is 18.6 Å². The average molecular weight is 218 g/mol. The Kier molecular flexibility index (Phi) is 9.06. The maximum Gasteiger partial charge on any atom is 0.0700 e.